The molecular weight excluding hydrogens is 396 g/mol. The highest BCUT2D eigenvalue weighted by Crippen LogP contribution is 2.35. The summed E-state index contributed by atoms with van der Waals surface area (Å²) in [6.07, 6.45) is 0. The molecule has 0 amide bonds. The maximum atomic E-state index is 12.1. The number of piperazine rings is 1. The van der Waals surface area contributed by atoms with Gasteiger partial charge >= 0.3 is 0 Å². The van der Waals surface area contributed by atoms with Crippen LogP contribution in [-0.4, -0.2) is 57.7 Å². The summed E-state index contributed by atoms with van der Waals surface area (Å²) in [5.41, 5.74) is 3.19. The number of nitrogens with zero attached hydrogens (tertiary/aromatic N) is 3. The van der Waals surface area contributed by atoms with Crippen LogP contribution in [0.3, 0.4) is 0 Å². The van der Waals surface area contributed by atoms with E-state index in [4.69, 9.17) is 14.2 Å². The van der Waals surface area contributed by atoms with Gasteiger partial charge in [0.2, 0.25) is 0 Å². The predicted molar refractivity (Wildman–Crippen MR) is 121 cm³/mol. The van der Waals surface area contributed by atoms with Gasteiger partial charge in [0.1, 0.15) is 11.4 Å². The fraction of sp³-hybridized carbons (Fsp3) is 0.304. The van der Waals surface area contributed by atoms with Gasteiger partial charge in [-0.25, -0.2) is 5.10 Å². The fourth-order valence-corrected chi connectivity index (χ4v) is 3.91. The van der Waals surface area contributed by atoms with E-state index in [0.717, 1.165) is 48.9 Å². The number of benzene rings is 2. The van der Waals surface area contributed by atoms with Gasteiger partial charge in [0.15, 0.2) is 11.5 Å². The Labute approximate surface area is 181 Å². The zero-order valence-corrected chi connectivity index (χ0v) is 17.9. The first-order chi connectivity index (χ1) is 15.1. The Hall–Kier alpha value is -3.68. The maximum Gasteiger partial charge on any atom is 0.266 e. The summed E-state index contributed by atoms with van der Waals surface area (Å²) >= 11 is 0. The number of methoxy groups -OCH3 is 3. The van der Waals surface area contributed by atoms with Gasteiger partial charge in [0.05, 0.1) is 32.7 Å². The van der Waals surface area contributed by atoms with Crippen LogP contribution in [0.15, 0.2) is 53.3 Å². The molecule has 0 spiro atoms. The van der Waals surface area contributed by atoms with E-state index in [1.807, 2.05) is 36.4 Å². The molecule has 3 aromatic rings. The van der Waals surface area contributed by atoms with Crippen LogP contribution in [0.25, 0.3) is 11.3 Å². The first kappa shape index (κ1) is 20.6. The third kappa shape index (κ3) is 4.14. The van der Waals surface area contributed by atoms with E-state index in [1.54, 1.807) is 27.4 Å². The first-order valence-electron chi connectivity index (χ1n) is 10.1. The zero-order chi connectivity index (χ0) is 21.8. The fourth-order valence-electron chi connectivity index (χ4n) is 3.91. The van der Waals surface area contributed by atoms with Crippen molar-refractivity contribution in [3.63, 3.8) is 0 Å². The summed E-state index contributed by atoms with van der Waals surface area (Å²) in [7, 11) is 4.88. The molecule has 1 aliphatic rings. The summed E-state index contributed by atoms with van der Waals surface area (Å²) in [6.45, 7) is 3.12. The lowest BCUT2D eigenvalue weighted by molar-refractivity contribution is 0.355. The number of hydrogen-bond acceptors (Lipinski definition) is 7. The average Bonchev–Trinajstić information content (AvgIpc) is 2.83. The Morgan fingerprint density at radius 1 is 0.774 bits per heavy atom. The quantitative estimate of drug-likeness (QED) is 0.654. The van der Waals surface area contributed by atoms with Crippen LogP contribution in [0.4, 0.5) is 11.4 Å². The molecule has 31 heavy (non-hydrogen) atoms. The van der Waals surface area contributed by atoms with Gasteiger partial charge in [-0.1, -0.05) is 12.1 Å². The third-order valence-electron chi connectivity index (χ3n) is 5.49. The normalized spacial score (nSPS) is 13.8. The number of hydrogen-bond donors (Lipinski definition) is 1. The van der Waals surface area contributed by atoms with Gasteiger partial charge in [-0.05, 0) is 30.3 Å². The highest BCUT2D eigenvalue weighted by atomic mass is 16.5. The van der Waals surface area contributed by atoms with Crippen molar-refractivity contribution in [2.45, 2.75) is 0 Å². The van der Waals surface area contributed by atoms with Crippen molar-refractivity contribution in [2.24, 2.45) is 0 Å². The van der Waals surface area contributed by atoms with Crippen LogP contribution in [0.5, 0.6) is 17.2 Å². The van der Waals surface area contributed by atoms with Crippen molar-refractivity contribution in [3.05, 3.63) is 58.9 Å². The van der Waals surface area contributed by atoms with Crippen LogP contribution < -0.4 is 29.6 Å². The van der Waals surface area contributed by atoms with Gasteiger partial charge in [0, 0.05) is 37.8 Å². The average molecular weight is 422 g/mol. The number of ether oxygens (including phenoxy) is 3. The lowest BCUT2D eigenvalue weighted by atomic mass is 10.1. The maximum absolute atomic E-state index is 12.1. The van der Waals surface area contributed by atoms with E-state index in [0.29, 0.717) is 17.2 Å². The highest BCUT2D eigenvalue weighted by molar-refractivity contribution is 5.76. The van der Waals surface area contributed by atoms with Gasteiger partial charge in [-0.15, -0.1) is 0 Å². The molecule has 0 bridgehead atoms. The third-order valence-corrected chi connectivity index (χ3v) is 5.49. The van der Waals surface area contributed by atoms with Gasteiger partial charge in [-0.2, -0.15) is 5.10 Å². The van der Waals surface area contributed by atoms with Crippen LogP contribution >= 0.6 is 0 Å². The van der Waals surface area contributed by atoms with Gasteiger partial charge in [-0.3, -0.25) is 4.79 Å². The summed E-state index contributed by atoms with van der Waals surface area (Å²) in [6, 6.07) is 15.2. The summed E-state index contributed by atoms with van der Waals surface area (Å²) in [5, 5.41) is 6.91. The molecule has 0 atom stereocenters. The molecule has 0 saturated carbocycles. The van der Waals surface area contributed by atoms with E-state index in [1.165, 1.54) is 0 Å². The molecule has 8 nitrogen and oxygen atoms in total. The SMILES string of the molecule is COc1ccc(-c2n[nH]c(=O)cc2N2CCN(c3ccccc3OC)CC2)cc1OC. The van der Waals surface area contributed by atoms with E-state index in [-0.39, 0.29) is 5.56 Å². The molecule has 2 heterocycles. The zero-order valence-electron chi connectivity index (χ0n) is 17.9. The number of aromatic amines is 1. The Morgan fingerprint density at radius 2 is 1.42 bits per heavy atom. The highest BCUT2D eigenvalue weighted by Gasteiger charge is 2.23. The van der Waals surface area contributed by atoms with Crippen molar-refractivity contribution >= 4 is 11.4 Å². The Bertz CT molecular complexity index is 1110. The second-order valence-electron chi connectivity index (χ2n) is 7.18. The lowest BCUT2D eigenvalue weighted by Gasteiger charge is -2.38. The van der Waals surface area contributed by atoms with E-state index < -0.39 is 0 Å². The monoisotopic (exact) mass is 422 g/mol. The predicted octanol–water partition coefficient (Wildman–Crippen LogP) is 2.79. The van der Waals surface area contributed by atoms with Crippen molar-refractivity contribution in [2.75, 3.05) is 57.3 Å². The standard InChI is InChI=1S/C23H26N4O4/c1-29-19-7-5-4-6-17(19)26-10-12-27(13-11-26)18-15-22(28)24-25-23(18)16-8-9-20(30-2)21(14-16)31-3/h4-9,14-15H,10-13H2,1-3H3,(H,24,28). The summed E-state index contributed by atoms with van der Waals surface area (Å²) < 4.78 is 16.3. The van der Waals surface area contributed by atoms with E-state index in [9.17, 15) is 4.79 Å². The number of nitrogens with one attached hydrogen (secondary N) is 1. The lowest BCUT2D eigenvalue weighted by Crippen LogP contribution is -2.47. The Kier molecular flexibility index (Phi) is 5.97. The molecule has 0 radical (unpaired) electrons. The molecule has 1 saturated heterocycles. The number of para-hydroxylation sites is 2. The van der Waals surface area contributed by atoms with Crippen LogP contribution in [0.2, 0.25) is 0 Å². The number of rotatable bonds is 6. The smallest absolute Gasteiger partial charge is 0.266 e. The second kappa shape index (κ2) is 8.99. The van der Waals surface area contributed by atoms with Crippen LogP contribution in [-0.2, 0) is 0 Å². The number of anilines is 2. The Morgan fingerprint density at radius 3 is 2.10 bits per heavy atom. The minimum Gasteiger partial charge on any atom is -0.495 e. The molecule has 1 N–H and O–H groups in total. The molecule has 4 rings (SSSR count). The molecule has 8 heteroatoms. The second-order valence-corrected chi connectivity index (χ2v) is 7.18. The van der Waals surface area contributed by atoms with Gasteiger partial charge in [0.25, 0.3) is 5.56 Å². The van der Waals surface area contributed by atoms with E-state index >= 15 is 0 Å². The summed E-state index contributed by atoms with van der Waals surface area (Å²) in [5.74, 6) is 2.11. The minimum absolute atomic E-state index is 0.230. The number of aromatic nitrogens is 2. The number of H-pyrrole nitrogens is 1. The van der Waals surface area contributed by atoms with Crippen LogP contribution in [0.1, 0.15) is 0 Å². The molecule has 2 aromatic carbocycles. The molecule has 1 fully saturated rings. The largest absolute Gasteiger partial charge is 0.495 e. The topological polar surface area (TPSA) is 79.9 Å². The first-order valence-corrected chi connectivity index (χ1v) is 10.1. The molecule has 0 unspecified atom stereocenters. The minimum atomic E-state index is -0.230. The van der Waals surface area contributed by atoms with Crippen molar-refractivity contribution in [1.29, 1.82) is 0 Å². The van der Waals surface area contributed by atoms with Crippen molar-refractivity contribution < 1.29 is 14.2 Å². The van der Waals surface area contributed by atoms with Gasteiger partial charge < -0.3 is 24.0 Å². The molecular formula is C23H26N4O4. The molecule has 1 aliphatic heterocycles. The van der Waals surface area contributed by atoms with Crippen LogP contribution in [0, 0.1) is 0 Å². The molecule has 162 valence electrons. The van der Waals surface area contributed by atoms with Crippen molar-refractivity contribution in [1.82, 2.24) is 10.2 Å². The molecule has 0 aliphatic carbocycles. The summed E-state index contributed by atoms with van der Waals surface area (Å²) in [4.78, 5) is 16.6. The Balaban J connectivity index is 1.61. The van der Waals surface area contributed by atoms with Crippen molar-refractivity contribution in [3.8, 4) is 28.5 Å². The molecule has 1 aromatic heterocycles. The van der Waals surface area contributed by atoms with E-state index in [2.05, 4.69) is 26.1 Å².